The van der Waals surface area contributed by atoms with Gasteiger partial charge in [0.25, 0.3) is 5.91 Å². The van der Waals surface area contributed by atoms with Crippen LogP contribution in [0.2, 0.25) is 0 Å². The van der Waals surface area contributed by atoms with Crippen LogP contribution in [0.15, 0.2) is 48.5 Å². The van der Waals surface area contributed by atoms with Crippen LogP contribution in [0.25, 0.3) is 0 Å². The number of rotatable bonds is 3. The number of carbonyl (C=O) groups excluding carboxylic acids is 2. The van der Waals surface area contributed by atoms with Crippen molar-refractivity contribution in [3.05, 3.63) is 65.5 Å². The maximum atomic E-state index is 13.2. The van der Waals surface area contributed by atoms with Crippen molar-refractivity contribution in [2.45, 2.75) is 18.9 Å². The number of hydrogen-bond donors (Lipinski definition) is 2. The van der Waals surface area contributed by atoms with Crippen LogP contribution in [-0.2, 0) is 0 Å². The zero-order valence-electron chi connectivity index (χ0n) is 14.6. The molecule has 0 spiro atoms. The topological polar surface area (TPSA) is 85.2 Å². The molecule has 27 heavy (non-hydrogen) atoms. The van der Waals surface area contributed by atoms with Gasteiger partial charge >= 0.3 is 6.03 Å². The molecule has 138 valence electrons. The van der Waals surface area contributed by atoms with Crippen molar-refractivity contribution in [3.8, 4) is 6.07 Å². The molecule has 0 aromatic heterocycles. The van der Waals surface area contributed by atoms with Gasteiger partial charge < -0.3 is 15.5 Å². The second-order valence-corrected chi connectivity index (χ2v) is 6.33. The van der Waals surface area contributed by atoms with Gasteiger partial charge in [-0.25, -0.2) is 9.18 Å². The van der Waals surface area contributed by atoms with E-state index >= 15 is 0 Å². The third kappa shape index (κ3) is 4.61. The highest BCUT2D eigenvalue weighted by molar-refractivity contribution is 5.94. The van der Waals surface area contributed by atoms with Crippen molar-refractivity contribution < 1.29 is 14.0 Å². The second kappa shape index (κ2) is 8.32. The van der Waals surface area contributed by atoms with Gasteiger partial charge in [0, 0.05) is 24.7 Å². The number of carbonyl (C=O) groups is 2. The number of benzene rings is 2. The van der Waals surface area contributed by atoms with Crippen LogP contribution < -0.4 is 10.6 Å². The van der Waals surface area contributed by atoms with Crippen LogP contribution in [0.3, 0.4) is 0 Å². The van der Waals surface area contributed by atoms with Crippen molar-refractivity contribution >= 4 is 17.6 Å². The molecule has 1 fully saturated rings. The van der Waals surface area contributed by atoms with Gasteiger partial charge in [-0.2, -0.15) is 5.26 Å². The van der Waals surface area contributed by atoms with Crippen molar-refractivity contribution in [1.29, 1.82) is 5.26 Å². The Morgan fingerprint density at radius 1 is 1.11 bits per heavy atom. The summed E-state index contributed by atoms with van der Waals surface area (Å²) >= 11 is 0. The molecular weight excluding hydrogens is 347 g/mol. The van der Waals surface area contributed by atoms with E-state index in [0.29, 0.717) is 31.5 Å². The Kier molecular flexibility index (Phi) is 5.67. The Balaban J connectivity index is 1.52. The van der Waals surface area contributed by atoms with Gasteiger partial charge in [-0.3, -0.25) is 4.79 Å². The number of nitrogens with zero attached hydrogens (tertiary/aromatic N) is 2. The average molecular weight is 366 g/mol. The first-order valence-corrected chi connectivity index (χ1v) is 8.68. The molecule has 1 saturated heterocycles. The summed E-state index contributed by atoms with van der Waals surface area (Å²) in [6.45, 7) is 0.962. The molecule has 0 radical (unpaired) electrons. The lowest BCUT2D eigenvalue weighted by Gasteiger charge is -2.32. The lowest BCUT2D eigenvalue weighted by Crippen LogP contribution is -2.47. The molecular formula is C20H19FN4O2. The second-order valence-electron chi connectivity index (χ2n) is 6.33. The summed E-state index contributed by atoms with van der Waals surface area (Å²) in [5.41, 5.74) is 0.967. The van der Waals surface area contributed by atoms with Gasteiger partial charge in [0.2, 0.25) is 0 Å². The van der Waals surface area contributed by atoms with E-state index in [2.05, 4.69) is 10.6 Å². The van der Waals surface area contributed by atoms with Gasteiger partial charge in [-0.15, -0.1) is 0 Å². The molecule has 0 saturated carbocycles. The summed E-state index contributed by atoms with van der Waals surface area (Å²) in [5.74, 6) is -0.650. The van der Waals surface area contributed by atoms with E-state index in [9.17, 15) is 14.0 Å². The molecule has 2 N–H and O–H groups in total. The normalized spacial score (nSPS) is 14.3. The summed E-state index contributed by atoms with van der Waals surface area (Å²) in [4.78, 5) is 26.2. The number of amides is 3. The van der Waals surface area contributed by atoms with Crippen LogP contribution in [0.5, 0.6) is 0 Å². The molecule has 1 aliphatic heterocycles. The summed E-state index contributed by atoms with van der Waals surface area (Å²) in [5, 5.41) is 14.7. The first-order chi connectivity index (χ1) is 13.1. The summed E-state index contributed by atoms with van der Waals surface area (Å²) in [7, 11) is 0. The van der Waals surface area contributed by atoms with E-state index in [0.717, 1.165) is 6.07 Å². The Morgan fingerprint density at radius 3 is 2.48 bits per heavy atom. The van der Waals surface area contributed by atoms with E-state index in [1.165, 1.54) is 12.1 Å². The monoisotopic (exact) mass is 366 g/mol. The minimum Gasteiger partial charge on any atom is -0.349 e. The van der Waals surface area contributed by atoms with Gasteiger partial charge in [-0.1, -0.05) is 18.2 Å². The van der Waals surface area contributed by atoms with E-state index in [4.69, 9.17) is 5.26 Å². The summed E-state index contributed by atoms with van der Waals surface area (Å²) in [6, 6.07) is 14.2. The van der Waals surface area contributed by atoms with Crippen LogP contribution in [-0.4, -0.2) is 36.0 Å². The van der Waals surface area contributed by atoms with Gasteiger partial charge in [0.15, 0.2) is 0 Å². The third-order valence-corrected chi connectivity index (χ3v) is 4.50. The number of likely N-dealkylation sites (tertiary alicyclic amines) is 1. The molecule has 3 amide bonds. The smallest absolute Gasteiger partial charge is 0.321 e. The maximum absolute atomic E-state index is 13.2. The molecule has 6 nitrogen and oxygen atoms in total. The van der Waals surface area contributed by atoms with Crippen molar-refractivity contribution in [2.75, 3.05) is 18.4 Å². The minimum absolute atomic E-state index is 0.00208. The number of urea groups is 1. The van der Waals surface area contributed by atoms with Crippen LogP contribution in [0.4, 0.5) is 14.9 Å². The fourth-order valence-electron chi connectivity index (χ4n) is 3.00. The maximum Gasteiger partial charge on any atom is 0.321 e. The Morgan fingerprint density at radius 2 is 1.81 bits per heavy atom. The van der Waals surface area contributed by atoms with Crippen molar-refractivity contribution in [2.24, 2.45) is 0 Å². The van der Waals surface area contributed by atoms with Gasteiger partial charge in [0.05, 0.1) is 11.3 Å². The summed E-state index contributed by atoms with van der Waals surface area (Å²) in [6.07, 6.45) is 1.28. The molecule has 1 heterocycles. The van der Waals surface area contributed by atoms with Gasteiger partial charge in [-0.05, 0) is 43.2 Å². The van der Waals surface area contributed by atoms with E-state index in [1.54, 1.807) is 17.0 Å². The van der Waals surface area contributed by atoms with Crippen molar-refractivity contribution in [3.63, 3.8) is 0 Å². The zero-order valence-corrected chi connectivity index (χ0v) is 14.6. The molecule has 2 aromatic carbocycles. The minimum atomic E-state index is -0.528. The predicted molar refractivity (Wildman–Crippen MR) is 98.6 cm³/mol. The van der Waals surface area contributed by atoms with Crippen LogP contribution in [0, 0.1) is 17.1 Å². The number of halogens is 1. The molecule has 0 aliphatic carbocycles. The van der Waals surface area contributed by atoms with Crippen LogP contribution in [0.1, 0.15) is 28.8 Å². The number of piperidine rings is 1. The molecule has 2 aromatic rings. The largest absolute Gasteiger partial charge is 0.349 e. The first kappa shape index (κ1) is 18.4. The molecule has 0 bridgehead atoms. The predicted octanol–water partition coefficient (Wildman–Crippen LogP) is 3.12. The molecule has 1 aliphatic rings. The fourth-order valence-corrected chi connectivity index (χ4v) is 3.00. The van der Waals surface area contributed by atoms with Crippen LogP contribution >= 0.6 is 0 Å². The average Bonchev–Trinajstić information content (AvgIpc) is 2.70. The molecule has 0 unspecified atom stereocenters. The van der Waals surface area contributed by atoms with Gasteiger partial charge in [0.1, 0.15) is 11.9 Å². The summed E-state index contributed by atoms with van der Waals surface area (Å²) < 4.78 is 13.2. The SMILES string of the molecule is N#Cc1cc(F)ccc1NC(=O)N1CCC(NC(=O)c2ccccc2)CC1. The molecule has 0 atom stereocenters. The highest BCUT2D eigenvalue weighted by Gasteiger charge is 2.24. The van der Waals surface area contributed by atoms with Crippen molar-refractivity contribution in [1.82, 2.24) is 10.2 Å². The molecule has 7 heteroatoms. The highest BCUT2D eigenvalue weighted by atomic mass is 19.1. The zero-order chi connectivity index (χ0) is 19.2. The Bertz CT molecular complexity index is 871. The van der Waals surface area contributed by atoms with E-state index in [-0.39, 0.29) is 29.2 Å². The lowest BCUT2D eigenvalue weighted by atomic mass is 10.0. The standard InChI is InChI=1S/C20H19FN4O2/c21-16-6-7-18(15(12-16)13-22)24-20(27)25-10-8-17(9-11-25)23-19(26)14-4-2-1-3-5-14/h1-7,12,17H,8-11H2,(H,23,26)(H,24,27). The number of hydrogen-bond acceptors (Lipinski definition) is 3. The Labute approximate surface area is 156 Å². The Hall–Kier alpha value is -3.40. The molecule has 3 rings (SSSR count). The number of nitrogens with one attached hydrogen (secondary N) is 2. The van der Waals surface area contributed by atoms with E-state index in [1.807, 2.05) is 24.3 Å². The number of anilines is 1. The quantitative estimate of drug-likeness (QED) is 0.875. The lowest BCUT2D eigenvalue weighted by molar-refractivity contribution is 0.0919. The highest BCUT2D eigenvalue weighted by Crippen LogP contribution is 2.18. The third-order valence-electron chi connectivity index (χ3n) is 4.50. The first-order valence-electron chi connectivity index (χ1n) is 8.68. The van der Waals surface area contributed by atoms with E-state index < -0.39 is 5.82 Å². The fraction of sp³-hybridized carbons (Fsp3) is 0.250. The number of nitriles is 1.